The van der Waals surface area contributed by atoms with E-state index in [0.29, 0.717) is 29.9 Å². The number of para-hydroxylation sites is 1. The number of aromatic nitrogens is 1. The quantitative estimate of drug-likeness (QED) is 0.692. The Morgan fingerprint density at radius 1 is 1.11 bits per heavy atom. The monoisotopic (exact) mass is 379 g/mol. The summed E-state index contributed by atoms with van der Waals surface area (Å²) in [6.07, 6.45) is 3.14. The van der Waals surface area contributed by atoms with Gasteiger partial charge >= 0.3 is 0 Å². The number of hydrogen-bond donors (Lipinski definition) is 1. The van der Waals surface area contributed by atoms with Gasteiger partial charge in [0.25, 0.3) is 11.8 Å². The van der Waals surface area contributed by atoms with Crippen LogP contribution in [0.1, 0.15) is 38.1 Å². The van der Waals surface area contributed by atoms with Crippen LogP contribution in [0.25, 0.3) is 0 Å². The summed E-state index contributed by atoms with van der Waals surface area (Å²) < 4.78 is 0. The molecule has 1 N–H and O–H groups in total. The molecule has 0 saturated carbocycles. The Kier molecular flexibility index (Phi) is 5.98. The van der Waals surface area contributed by atoms with Gasteiger partial charge in [-0.05, 0) is 49.1 Å². The van der Waals surface area contributed by atoms with Crippen molar-refractivity contribution in [3.63, 3.8) is 0 Å². The van der Waals surface area contributed by atoms with Gasteiger partial charge in [-0.25, -0.2) is 0 Å². The molecule has 3 rings (SSSR count). The van der Waals surface area contributed by atoms with E-state index in [-0.39, 0.29) is 11.8 Å². The van der Waals surface area contributed by atoms with E-state index in [1.54, 1.807) is 46.8 Å². The molecule has 1 aromatic carbocycles. The van der Waals surface area contributed by atoms with Crippen molar-refractivity contribution in [1.29, 1.82) is 0 Å². The minimum Gasteiger partial charge on any atom is -0.334 e. The van der Waals surface area contributed by atoms with Gasteiger partial charge in [0.2, 0.25) is 0 Å². The zero-order valence-corrected chi connectivity index (χ0v) is 16.1. The number of rotatable bonds is 6. The smallest absolute Gasteiger partial charge is 0.256 e. The van der Waals surface area contributed by atoms with Crippen LogP contribution in [0, 0.1) is 6.92 Å². The minimum atomic E-state index is -0.262. The molecule has 0 atom stereocenters. The Bertz CT molecular complexity index is 924. The lowest BCUT2D eigenvalue weighted by Gasteiger charge is -2.22. The maximum atomic E-state index is 13.2. The first-order chi connectivity index (χ1) is 13.1. The van der Waals surface area contributed by atoms with Crippen LogP contribution in [0.4, 0.5) is 5.69 Å². The van der Waals surface area contributed by atoms with Crippen LogP contribution in [0.3, 0.4) is 0 Å². The van der Waals surface area contributed by atoms with Gasteiger partial charge in [-0.2, -0.15) is 0 Å². The zero-order valence-electron chi connectivity index (χ0n) is 15.3. The molecule has 0 fully saturated rings. The SMILES string of the molecule is CCN(Cc1cccs1)C(=O)c1cccc(C)c1NC(=O)c1ccncc1. The minimum absolute atomic E-state index is 0.0976. The summed E-state index contributed by atoms with van der Waals surface area (Å²) in [4.78, 5) is 32.6. The summed E-state index contributed by atoms with van der Waals surface area (Å²) in [6.45, 7) is 4.98. The van der Waals surface area contributed by atoms with E-state index in [2.05, 4.69) is 10.3 Å². The first kappa shape index (κ1) is 18.8. The average Bonchev–Trinajstić information content (AvgIpc) is 3.21. The average molecular weight is 379 g/mol. The number of amides is 2. The van der Waals surface area contributed by atoms with E-state index >= 15 is 0 Å². The van der Waals surface area contributed by atoms with Crippen molar-refractivity contribution in [1.82, 2.24) is 9.88 Å². The van der Waals surface area contributed by atoms with Crippen LogP contribution in [0.2, 0.25) is 0 Å². The fourth-order valence-electron chi connectivity index (χ4n) is 2.79. The fraction of sp³-hybridized carbons (Fsp3) is 0.190. The molecule has 0 aliphatic rings. The van der Waals surface area contributed by atoms with E-state index in [1.807, 2.05) is 43.5 Å². The second kappa shape index (κ2) is 8.60. The van der Waals surface area contributed by atoms with Gasteiger partial charge in [0, 0.05) is 29.4 Å². The van der Waals surface area contributed by atoms with E-state index in [9.17, 15) is 9.59 Å². The van der Waals surface area contributed by atoms with Crippen LogP contribution in [0.15, 0.2) is 60.2 Å². The van der Waals surface area contributed by atoms with Crippen LogP contribution in [0.5, 0.6) is 0 Å². The molecule has 2 amide bonds. The topological polar surface area (TPSA) is 62.3 Å². The van der Waals surface area contributed by atoms with Crippen molar-refractivity contribution in [2.75, 3.05) is 11.9 Å². The molecule has 27 heavy (non-hydrogen) atoms. The van der Waals surface area contributed by atoms with E-state index in [4.69, 9.17) is 0 Å². The molecule has 3 aromatic rings. The lowest BCUT2D eigenvalue weighted by molar-refractivity contribution is 0.0755. The molecular formula is C21H21N3O2S. The number of carbonyl (C=O) groups excluding carboxylic acids is 2. The number of nitrogens with zero attached hydrogens (tertiary/aromatic N) is 2. The third kappa shape index (κ3) is 4.41. The van der Waals surface area contributed by atoms with Gasteiger partial charge in [-0.1, -0.05) is 18.2 Å². The Morgan fingerprint density at radius 2 is 1.89 bits per heavy atom. The van der Waals surface area contributed by atoms with Gasteiger partial charge in [-0.3, -0.25) is 14.6 Å². The number of pyridine rings is 1. The van der Waals surface area contributed by atoms with Crippen LogP contribution >= 0.6 is 11.3 Å². The number of carbonyl (C=O) groups is 2. The molecule has 2 heterocycles. The highest BCUT2D eigenvalue weighted by molar-refractivity contribution is 7.09. The van der Waals surface area contributed by atoms with Gasteiger partial charge in [-0.15, -0.1) is 11.3 Å². The summed E-state index contributed by atoms with van der Waals surface area (Å²) in [5.41, 5.74) is 2.39. The predicted molar refractivity (Wildman–Crippen MR) is 108 cm³/mol. The fourth-order valence-corrected chi connectivity index (χ4v) is 3.51. The lowest BCUT2D eigenvalue weighted by atomic mass is 10.1. The molecule has 0 saturated heterocycles. The number of aryl methyl sites for hydroxylation is 1. The molecule has 0 aliphatic carbocycles. The summed E-state index contributed by atoms with van der Waals surface area (Å²) in [5.74, 6) is -0.360. The maximum absolute atomic E-state index is 13.2. The summed E-state index contributed by atoms with van der Waals surface area (Å²) in [7, 11) is 0. The van der Waals surface area contributed by atoms with Crippen molar-refractivity contribution in [3.05, 3.63) is 81.8 Å². The number of thiophene rings is 1. The van der Waals surface area contributed by atoms with Gasteiger partial charge < -0.3 is 10.2 Å². The molecule has 0 bridgehead atoms. The summed E-state index contributed by atoms with van der Waals surface area (Å²) in [5, 5.41) is 4.90. The van der Waals surface area contributed by atoms with E-state index < -0.39 is 0 Å². The predicted octanol–water partition coefficient (Wildman–Crippen LogP) is 4.37. The second-order valence-electron chi connectivity index (χ2n) is 6.09. The second-order valence-corrected chi connectivity index (χ2v) is 7.12. The molecule has 0 aliphatic heterocycles. The van der Waals surface area contributed by atoms with E-state index in [0.717, 1.165) is 10.4 Å². The summed E-state index contributed by atoms with van der Waals surface area (Å²) in [6, 6.07) is 12.8. The highest BCUT2D eigenvalue weighted by Crippen LogP contribution is 2.24. The van der Waals surface area contributed by atoms with Crippen molar-refractivity contribution < 1.29 is 9.59 Å². The highest BCUT2D eigenvalue weighted by atomic mass is 32.1. The molecule has 0 spiro atoms. The number of benzene rings is 1. The largest absolute Gasteiger partial charge is 0.334 e. The molecule has 5 nitrogen and oxygen atoms in total. The normalized spacial score (nSPS) is 10.4. The molecule has 0 radical (unpaired) electrons. The van der Waals surface area contributed by atoms with Gasteiger partial charge in [0.05, 0.1) is 17.8 Å². The molecule has 138 valence electrons. The highest BCUT2D eigenvalue weighted by Gasteiger charge is 2.21. The third-order valence-electron chi connectivity index (χ3n) is 4.28. The van der Waals surface area contributed by atoms with Crippen LogP contribution in [-0.2, 0) is 6.54 Å². The lowest BCUT2D eigenvalue weighted by Crippen LogP contribution is -2.31. The van der Waals surface area contributed by atoms with Crippen LogP contribution < -0.4 is 5.32 Å². The molecule has 6 heteroatoms. The Balaban J connectivity index is 1.88. The Morgan fingerprint density at radius 3 is 2.56 bits per heavy atom. The number of anilines is 1. The Labute approximate surface area is 162 Å². The van der Waals surface area contributed by atoms with Crippen molar-refractivity contribution >= 4 is 28.8 Å². The first-order valence-electron chi connectivity index (χ1n) is 8.72. The molecule has 2 aromatic heterocycles. The first-order valence-corrected chi connectivity index (χ1v) is 9.60. The number of nitrogens with one attached hydrogen (secondary N) is 1. The molecular weight excluding hydrogens is 358 g/mol. The standard InChI is InChI=1S/C21H21N3O2S/c1-3-24(14-17-7-5-13-27-17)21(26)18-8-4-6-15(2)19(18)23-20(25)16-9-11-22-12-10-16/h4-13H,3,14H2,1-2H3,(H,23,25). The van der Waals surface area contributed by atoms with E-state index in [1.165, 1.54) is 0 Å². The molecule has 0 unspecified atom stereocenters. The summed E-state index contributed by atoms with van der Waals surface area (Å²) >= 11 is 1.62. The van der Waals surface area contributed by atoms with Crippen molar-refractivity contribution in [2.45, 2.75) is 20.4 Å². The Hall–Kier alpha value is -2.99. The van der Waals surface area contributed by atoms with Gasteiger partial charge in [0.15, 0.2) is 0 Å². The number of hydrogen-bond acceptors (Lipinski definition) is 4. The third-order valence-corrected chi connectivity index (χ3v) is 5.14. The van der Waals surface area contributed by atoms with Crippen molar-refractivity contribution in [3.8, 4) is 0 Å². The maximum Gasteiger partial charge on any atom is 0.256 e. The van der Waals surface area contributed by atoms with Gasteiger partial charge in [0.1, 0.15) is 0 Å². The van der Waals surface area contributed by atoms with Crippen molar-refractivity contribution in [2.24, 2.45) is 0 Å². The van der Waals surface area contributed by atoms with Crippen LogP contribution in [-0.4, -0.2) is 28.2 Å². The zero-order chi connectivity index (χ0) is 19.2.